The number of hydrogen-bond acceptors (Lipinski definition) is 6. The Bertz CT molecular complexity index is 1180. The Kier molecular flexibility index (Phi) is 6.81. The van der Waals surface area contributed by atoms with E-state index in [9.17, 15) is 8.78 Å². The number of piperidine rings is 1. The minimum Gasteiger partial charge on any atom is -0.497 e. The van der Waals surface area contributed by atoms with Crippen LogP contribution < -0.4 is 14.4 Å². The van der Waals surface area contributed by atoms with Crippen LogP contribution in [0.1, 0.15) is 36.6 Å². The van der Waals surface area contributed by atoms with Gasteiger partial charge in [-0.1, -0.05) is 19.1 Å². The summed E-state index contributed by atoms with van der Waals surface area (Å²) in [5, 5.41) is 0. The van der Waals surface area contributed by atoms with Crippen molar-refractivity contribution in [3.63, 3.8) is 0 Å². The second kappa shape index (κ2) is 10.2. The van der Waals surface area contributed by atoms with E-state index in [1.54, 1.807) is 7.11 Å². The summed E-state index contributed by atoms with van der Waals surface area (Å²) in [6.45, 7) is 6.20. The SMILES string of the molecule is COc1ccc(CN2CCc3nc(N4CCC(C)CC4)nc(Oc4ccc(F)cc4F)c3C2)cc1. The van der Waals surface area contributed by atoms with Gasteiger partial charge in [0.15, 0.2) is 11.6 Å². The van der Waals surface area contributed by atoms with E-state index in [0.717, 1.165) is 68.5 Å². The Morgan fingerprint density at radius 3 is 2.49 bits per heavy atom. The highest BCUT2D eigenvalue weighted by molar-refractivity contribution is 5.44. The summed E-state index contributed by atoms with van der Waals surface area (Å²) in [6.07, 6.45) is 2.91. The van der Waals surface area contributed by atoms with Gasteiger partial charge >= 0.3 is 0 Å². The van der Waals surface area contributed by atoms with E-state index >= 15 is 0 Å². The van der Waals surface area contributed by atoms with Crippen LogP contribution in [0.25, 0.3) is 0 Å². The van der Waals surface area contributed by atoms with Crippen molar-refractivity contribution in [2.75, 3.05) is 31.6 Å². The van der Waals surface area contributed by atoms with Crippen LogP contribution in [0.15, 0.2) is 42.5 Å². The summed E-state index contributed by atoms with van der Waals surface area (Å²) in [4.78, 5) is 14.1. The topological polar surface area (TPSA) is 50.7 Å². The van der Waals surface area contributed by atoms with E-state index in [2.05, 4.69) is 28.9 Å². The summed E-state index contributed by atoms with van der Waals surface area (Å²) in [6, 6.07) is 11.3. The van der Waals surface area contributed by atoms with Crippen LogP contribution >= 0.6 is 0 Å². The molecule has 3 aromatic rings. The third-order valence-electron chi connectivity index (χ3n) is 6.82. The van der Waals surface area contributed by atoms with Crippen molar-refractivity contribution in [1.82, 2.24) is 14.9 Å². The van der Waals surface area contributed by atoms with Gasteiger partial charge in [-0.05, 0) is 48.6 Å². The fourth-order valence-electron chi connectivity index (χ4n) is 4.65. The van der Waals surface area contributed by atoms with Crippen molar-refractivity contribution in [3.05, 3.63) is 70.9 Å². The maximum Gasteiger partial charge on any atom is 0.229 e. The third kappa shape index (κ3) is 5.37. The van der Waals surface area contributed by atoms with E-state index in [0.29, 0.717) is 24.3 Å². The van der Waals surface area contributed by atoms with Gasteiger partial charge in [0.05, 0.1) is 18.4 Å². The molecule has 35 heavy (non-hydrogen) atoms. The molecule has 3 heterocycles. The number of nitrogens with zero attached hydrogens (tertiary/aromatic N) is 4. The lowest BCUT2D eigenvalue weighted by Gasteiger charge is -2.33. The average Bonchev–Trinajstić information content (AvgIpc) is 2.86. The zero-order chi connectivity index (χ0) is 24.4. The van der Waals surface area contributed by atoms with Crippen LogP contribution in [0.3, 0.4) is 0 Å². The first kappa shape index (κ1) is 23.5. The van der Waals surface area contributed by atoms with Gasteiger partial charge < -0.3 is 14.4 Å². The molecule has 2 aromatic carbocycles. The van der Waals surface area contributed by atoms with Crippen LogP contribution in [-0.2, 0) is 19.5 Å². The van der Waals surface area contributed by atoms with E-state index < -0.39 is 11.6 Å². The summed E-state index contributed by atoms with van der Waals surface area (Å²) >= 11 is 0. The predicted molar refractivity (Wildman–Crippen MR) is 130 cm³/mol. The first-order valence-electron chi connectivity index (χ1n) is 12.1. The molecule has 5 rings (SSSR count). The smallest absolute Gasteiger partial charge is 0.229 e. The Morgan fingerprint density at radius 2 is 1.77 bits per heavy atom. The van der Waals surface area contributed by atoms with Gasteiger partial charge in [-0.15, -0.1) is 0 Å². The zero-order valence-electron chi connectivity index (χ0n) is 20.1. The Labute approximate surface area is 204 Å². The normalized spacial score (nSPS) is 16.7. The summed E-state index contributed by atoms with van der Waals surface area (Å²) in [5.74, 6) is 1.02. The molecule has 0 unspecified atom stereocenters. The van der Waals surface area contributed by atoms with Crippen LogP contribution in [0, 0.1) is 17.6 Å². The molecule has 2 aliphatic rings. The van der Waals surface area contributed by atoms with Gasteiger partial charge in [-0.25, -0.2) is 13.8 Å². The third-order valence-corrected chi connectivity index (χ3v) is 6.82. The van der Waals surface area contributed by atoms with E-state index in [4.69, 9.17) is 19.4 Å². The molecule has 8 heteroatoms. The quantitative estimate of drug-likeness (QED) is 0.474. The standard InChI is InChI=1S/C27H30F2N4O2/c1-18-9-13-33(14-10-18)27-30-24-11-12-32(16-19-3-6-21(34-2)7-4-19)17-22(24)26(31-27)35-25-8-5-20(28)15-23(25)29/h3-8,15,18H,9-14,16-17H2,1-2H3. The Balaban J connectivity index is 1.44. The molecule has 0 N–H and O–H groups in total. The summed E-state index contributed by atoms with van der Waals surface area (Å²) in [7, 11) is 1.65. The minimum atomic E-state index is -0.753. The lowest BCUT2D eigenvalue weighted by molar-refractivity contribution is 0.237. The van der Waals surface area contributed by atoms with Crippen molar-refractivity contribution < 1.29 is 18.3 Å². The molecule has 0 bridgehead atoms. The van der Waals surface area contributed by atoms with Gasteiger partial charge in [0.2, 0.25) is 11.8 Å². The first-order chi connectivity index (χ1) is 17.0. The number of aromatic nitrogens is 2. The second-order valence-electron chi connectivity index (χ2n) is 9.41. The van der Waals surface area contributed by atoms with Crippen molar-refractivity contribution in [2.24, 2.45) is 5.92 Å². The van der Waals surface area contributed by atoms with Crippen LogP contribution in [0.2, 0.25) is 0 Å². The molecule has 1 saturated heterocycles. The molecule has 184 valence electrons. The number of fused-ring (bicyclic) bond motifs is 1. The van der Waals surface area contributed by atoms with Crippen molar-refractivity contribution in [1.29, 1.82) is 0 Å². The van der Waals surface area contributed by atoms with Gasteiger partial charge in [-0.3, -0.25) is 4.90 Å². The lowest BCUT2D eigenvalue weighted by atomic mass is 9.99. The summed E-state index contributed by atoms with van der Waals surface area (Å²) in [5.41, 5.74) is 2.95. The van der Waals surface area contributed by atoms with Gasteiger partial charge in [0.1, 0.15) is 11.6 Å². The fraction of sp³-hybridized carbons (Fsp3) is 0.407. The first-order valence-corrected chi connectivity index (χ1v) is 12.1. The molecule has 0 saturated carbocycles. The number of halogens is 2. The average molecular weight is 481 g/mol. The molecule has 0 aliphatic carbocycles. The largest absolute Gasteiger partial charge is 0.497 e. The monoisotopic (exact) mass is 480 g/mol. The van der Waals surface area contributed by atoms with Gasteiger partial charge in [0.25, 0.3) is 0 Å². The van der Waals surface area contributed by atoms with E-state index in [1.807, 2.05) is 12.1 Å². The van der Waals surface area contributed by atoms with E-state index in [1.165, 1.54) is 17.7 Å². The molecular formula is C27H30F2N4O2. The molecule has 0 radical (unpaired) electrons. The molecule has 0 amide bonds. The fourth-order valence-corrected chi connectivity index (χ4v) is 4.65. The van der Waals surface area contributed by atoms with Crippen molar-refractivity contribution >= 4 is 5.95 Å². The lowest BCUT2D eigenvalue weighted by Crippen LogP contribution is -2.36. The molecule has 0 spiro atoms. The second-order valence-corrected chi connectivity index (χ2v) is 9.41. The molecule has 2 aliphatic heterocycles. The highest BCUT2D eigenvalue weighted by Gasteiger charge is 2.27. The van der Waals surface area contributed by atoms with E-state index in [-0.39, 0.29) is 5.75 Å². The minimum absolute atomic E-state index is 0.0437. The maximum atomic E-state index is 14.5. The number of anilines is 1. The number of hydrogen-bond donors (Lipinski definition) is 0. The molecular weight excluding hydrogens is 450 g/mol. The highest BCUT2D eigenvalue weighted by Crippen LogP contribution is 2.34. The van der Waals surface area contributed by atoms with Gasteiger partial charge in [0, 0.05) is 45.2 Å². The number of ether oxygens (including phenoxy) is 2. The maximum absolute atomic E-state index is 14.5. The molecule has 6 nitrogen and oxygen atoms in total. The Morgan fingerprint density at radius 1 is 1.00 bits per heavy atom. The van der Waals surface area contributed by atoms with Gasteiger partial charge in [-0.2, -0.15) is 4.98 Å². The van der Waals surface area contributed by atoms with Crippen LogP contribution in [0.5, 0.6) is 17.4 Å². The van der Waals surface area contributed by atoms with Crippen molar-refractivity contribution in [2.45, 2.75) is 39.3 Å². The molecule has 1 aromatic heterocycles. The highest BCUT2D eigenvalue weighted by atomic mass is 19.1. The zero-order valence-corrected chi connectivity index (χ0v) is 20.1. The number of methoxy groups -OCH3 is 1. The number of rotatable bonds is 6. The number of benzene rings is 2. The van der Waals surface area contributed by atoms with Crippen molar-refractivity contribution in [3.8, 4) is 17.4 Å². The van der Waals surface area contributed by atoms with Crippen LogP contribution in [-0.4, -0.2) is 41.6 Å². The van der Waals surface area contributed by atoms with Crippen LogP contribution in [0.4, 0.5) is 14.7 Å². The molecule has 0 atom stereocenters. The predicted octanol–water partition coefficient (Wildman–Crippen LogP) is 5.35. The summed E-state index contributed by atoms with van der Waals surface area (Å²) < 4.78 is 39.2. The molecule has 1 fully saturated rings. The Hall–Kier alpha value is -3.26.